The molecule has 0 N–H and O–H groups in total. The molecule has 45 heavy (non-hydrogen) atoms. The quantitative estimate of drug-likeness (QED) is 0.194. The number of hydrogen-bond acceptors (Lipinski definition) is 0. The minimum absolute atomic E-state index is 0.0541. The van der Waals surface area contributed by atoms with E-state index in [1.54, 1.807) is 11.1 Å². The first-order valence-corrected chi connectivity index (χ1v) is 18.1. The van der Waals surface area contributed by atoms with Crippen molar-refractivity contribution in [1.82, 2.24) is 0 Å². The zero-order valence-corrected chi connectivity index (χ0v) is 28.9. The van der Waals surface area contributed by atoms with Crippen molar-refractivity contribution in [2.45, 2.75) is 135 Å². The van der Waals surface area contributed by atoms with Gasteiger partial charge in [0.2, 0.25) is 0 Å². The summed E-state index contributed by atoms with van der Waals surface area (Å²) < 4.78 is 0. The first-order chi connectivity index (χ1) is 21.6. The van der Waals surface area contributed by atoms with Crippen LogP contribution in [0.25, 0.3) is 33.4 Å². The molecule has 0 heteroatoms. The number of hydrogen-bond donors (Lipinski definition) is 0. The van der Waals surface area contributed by atoms with Gasteiger partial charge in [-0.15, -0.1) is 0 Å². The van der Waals surface area contributed by atoms with E-state index in [1.807, 2.05) is 0 Å². The summed E-state index contributed by atoms with van der Waals surface area (Å²) in [7, 11) is 0. The van der Waals surface area contributed by atoms with Crippen molar-refractivity contribution in [1.29, 1.82) is 0 Å². The highest BCUT2D eigenvalue weighted by Crippen LogP contribution is 2.49. The Kier molecular flexibility index (Phi) is 8.08. The lowest BCUT2D eigenvalue weighted by Gasteiger charge is -2.29. The van der Waals surface area contributed by atoms with Crippen molar-refractivity contribution in [3.8, 4) is 33.4 Å². The molecule has 0 saturated heterocycles. The third kappa shape index (κ3) is 5.84. The molecule has 0 spiro atoms. The van der Waals surface area contributed by atoms with E-state index >= 15 is 0 Å². The van der Waals surface area contributed by atoms with Gasteiger partial charge in [-0.05, 0) is 146 Å². The topological polar surface area (TPSA) is 0 Å². The SMILES string of the molecule is CC(C)(C)c1cc2c(cc1-c1ccccc1C1CCCCC1)Cc1cc(-c3ccccc3C3CCCCC3)c(C(C)(C)C)cc1-2. The van der Waals surface area contributed by atoms with Gasteiger partial charge in [0.15, 0.2) is 0 Å². The molecule has 2 fully saturated rings. The second kappa shape index (κ2) is 11.9. The van der Waals surface area contributed by atoms with Crippen molar-refractivity contribution in [3.05, 3.63) is 106 Å². The Balaban J connectivity index is 1.38. The molecule has 0 radical (unpaired) electrons. The number of rotatable bonds is 4. The Bertz CT molecular complexity index is 1560. The Labute approximate surface area is 273 Å². The molecule has 0 bridgehead atoms. The first-order valence-electron chi connectivity index (χ1n) is 18.1. The Morgan fingerprint density at radius 3 is 1.18 bits per heavy atom. The van der Waals surface area contributed by atoms with Crippen molar-refractivity contribution < 1.29 is 0 Å². The van der Waals surface area contributed by atoms with Crippen LogP contribution in [0.4, 0.5) is 0 Å². The Hall–Kier alpha value is -3.12. The smallest absolute Gasteiger partial charge is 0.00130 e. The molecular formula is C45H54. The molecule has 7 rings (SSSR count). The molecule has 3 aliphatic rings. The van der Waals surface area contributed by atoms with E-state index in [2.05, 4.69) is 114 Å². The molecule has 234 valence electrons. The van der Waals surface area contributed by atoms with Gasteiger partial charge >= 0.3 is 0 Å². The van der Waals surface area contributed by atoms with E-state index in [9.17, 15) is 0 Å². The van der Waals surface area contributed by atoms with Crippen LogP contribution in [0.15, 0.2) is 72.8 Å². The lowest BCUT2D eigenvalue weighted by Crippen LogP contribution is -2.15. The van der Waals surface area contributed by atoms with E-state index in [0.29, 0.717) is 11.8 Å². The summed E-state index contributed by atoms with van der Waals surface area (Å²) >= 11 is 0. The summed E-state index contributed by atoms with van der Waals surface area (Å²) in [4.78, 5) is 0. The monoisotopic (exact) mass is 594 g/mol. The van der Waals surface area contributed by atoms with E-state index < -0.39 is 0 Å². The molecule has 0 aromatic heterocycles. The van der Waals surface area contributed by atoms with Gasteiger partial charge in [-0.1, -0.05) is 129 Å². The van der Waals surface area contributed by atoms with Gasteiger partial charge in [0.25, 0.3) is 0 Å². The van der Waals surface area contributed by atoms with Crippen molar-refractivity contribution in [3.63, 3.8) is 0 Å². The molecule has 0 nitrogen and oxygen atoms in total. The predicted molar refractivity (Wildman–Crippen MR) is 195 cm³/mol. The molecule has 0 aliphatic heterocycles. The molecule has 0 amide bonds. The zero-order chi connectivity index (χ0) is 31.3. The van der Waals surface area contributed by atoms with Crippen molar-refractivity contribution in [2.24, 2.45) is 0 Å². The molecule has 0 heterocycles. The standard InChI is InChI=1S/C45H54/c1-44(2,3)42-28-38-32(26-40(42)36-23-15-13-21-34(36)30-17-9-7-10-18-30)25-33-27-41(43(29-39(33)38)45(4,5)6)37-24-16-14-22-35(37)31-19-11-8-12-20-31/h13-16,21-24,26-31H,7-12,17-20,25H2,1-6H3. The maximum atomic E-state index is 2.60. The third-order valence-electron chi connectivity index (χ3n) is 11.4. The number of benzene rings is 4. The summed E-state index contributed by atoms with van der Waals surface area (Å²) in [6.07, 6.45) is 14.6. The van der Waals surface area contributed by atoms with Crippen LogP contribution in [0, 0.1) is 0 Å². The van der Waals surface area contributed by atoms with Crippen LogP contribution in [-0.2, 0) is 17.3 Å². The molecule has 0 atom stereocenters. The van der Waals surface area contributed by atoms with Crippen molar-refractivity contribution >= 4 is 0 Å². The zero-order valence-electron chi connectivity index (χ0n) is 28.9. The minimum atomic E-state index is 0.0541. The second-order valence-electron chi connectivity index (χ2n) is 16.6. The maximum absolute atomic E-state index is 2.60. The Morgan fingerprint density at radius 1 is 0.422 bits per heavy atom. The van der Waals surface area contributed by atoms with Crippen LogP contribution >= 0.6 is 0 Å². The molecule has 3 aliphatic carbocycles. The van der Waals surface area contributed by atoms with Gasteiger partial charge in [-0.25, -0.2) is 0 Å². The maximum Gasteiger partial charge on any atom is -0.00130 e. The summed E-state index contributed by atoms with van der Waals surface area (Å²) in [5, 5.41) is 0. The average Bonchev–Trinajstić information content (AvgIpc) is 3.40. The molecule has 2 saturated carbocycles. The van der Waals surface area contributed by atoms with E-state index in [4.69, 9.17) is 0 Å². The second-order valence-corrected chi connectivity index (χ2v) is 16.6. The fourth-order valence-electron chi connectivity index (χ4n) is 9.00. The van der Waals surface area contributed by atoms with Gasteiger partial charge in [0.05, 0.1) is 0 Å². The number of fused-ring (bicyclic) bond motifs is 3. The van der Waals surface area contributed by atoms with Crippen LogP contribution in [0.5, 0.6) is 0 Å². The minimum Gasteiger partial charge on any atom is -0.0619 e. The Morgan fingerprint density at radius 2 is 0.800 bits per heavy atom. The normalized spacial score (nSPS) is 17.7. The summed E-state index contributed by atoms with van der Waals surface area (Å²) in [6, 6.07) is 29.2. The van der Waals surface area contributed by atoms with E-state index in [0.717, 1.165) is 6.42 Å². The first kappa shape index (κ1) is 30.5. The highest BCUT2D eigenvalue weighted by molar-refractivity contribution is 5.87. The lowest BCUT2D eigenvalue weighted by molar-refractivity contribution is 0.444. The molecule has 4 aromatic carbocycles. The molecule has 4 aromatic rings. The predicted octanol–water partition coefficient (Wildman–Crippen LogP) is 13.3. The lowest BCUT2D eigenvalue weighted by atomic mass is 9.75. The van der Waals surface area contributed by atoms with Crippen LogP contribution in [0.3, 0.4) is 0 Å². The van der Waals surface area contributed by atoms with Gasteiger partial charge in [0.1, 0.15) is 0 Å². The summed E-state index contributed by atoms with van der Waals surface area (Å²) in [5.41, 5.74) is 18.1. The summed E-state index contributed by atoms with van der Waals surface area (Å²) in [5.74, 6) is 1.38. The average molecular weight is 595 g/mol. The van der Waals surface area contributed by atoms with E-state index in [-0.39, 0.29) is 10.8 Å². The highest BCUT2D eigenvalue weighted by Gasteiger charge is 2.31. The highest BCUT2D eigenvalue weighted by atomic mass is 14.4. The van der Waals surface area contributed by atoms with Crippen LogP contribution in [0.1, 0.15) is 151 Å². The van der Waals surface area contributed by atoms with Gasteiger partial charge in [0, 0.05) is 0 Å². The van der Waals surface area contributed by atoms with Crippen molar-refractivity contribution in [2.75, 3.05) is 0 Å². The summed E-state index contributed by atoms with van der Waals surface area (Å²) in [6.45, 7) is 14.4. The third-order valence-corrected chi connectivity index (χ3v) is 11.4. The fourth-order valence-corrected chi connectivity index (χ4v) is 9.00. The fraction of sp³-hybridized carbons (Fsp3) is 0.467. The van der Waals surface area contributed by atoms with Crippen LogP contribution in [-0.4, -0.2) is 0 Å². The van der Waals surface area contributed by atoms with Gasteiger partial charge in [-0.3, -0.25) is 0 Å². The van der Waals surface area contributed by atoms with Crippen LogP contribution < -0.4 is 0 Å². The van der Waals surface area contributed by atoms with Gasteiger partial charge in [-0.2, -0.15) is 0 Å². The van der Waals surface area contributed by atoms with E-state index in [1.165, 1.54) is 120 Å². The van der Waals surface area contributed by atoms with Crippen LogP contribution in [0.2, 0.25) is 0 Å². The molecular weight excluding hydrogens is 540 g/mol. The largest absolute Gasteiger partial charge is 0.0619 e. The molecule has 0 unspecified atom stereocenters. The van der Waals surface area contributed by atoms with Gasteiger partial charge < -0.3 is 0 Å².